The Kier molecular flexibility index (Phi) is 3.98. The molecule has 1 N–H and O–H groups in total. The predicted octanol–water partition coefficient (Wildman–Crippen LogP) is 0.894. The Labute approximate surface area is 109 Å². The van der Waals surface area contributed by atoms with Crippen LogP contribution in [0.1, 0.15) is 0 Å². The van der Waals surface area contributed by atoms with E-state index in [1.807, 2.05) is 0 Å². The van der Waals surface area contributed by atoms with Gasteiger partial charge in [0.1, 0.15) is 0 Å². The maximum Gasteiger partial charge on any atom is 0.471 e. The Morgan fingerprint density at radius 1 is 1.45 bits per heavy atom. The molecule has 0 saturated heterocycles. The number of carbonyl (C=O) groups is 1. The van der Waals surface area contributed by atoms with Crippen molar-refractivity contribution in [3.8, 4) is 0 Å². The highest BCUT2D eigenvalue weighted by molar-refractivity contribution is 7.90. The Morgan fingerprint density at radius 3 is 2.40 bits per heavy atom. The smallest absolute Gasteiger partial charge is 0.297 e. The molecule has 1 aromatic rings. The second-order valence-electron chi connectivity index (χ2n) is 3.52. The van der Waals surface area contributed by atoms with Gasteiger partial charge < -0.3 is 0 Å². The number of aromatic nitrogens is 1. The number of nitrogens with one attached hydrogen (secondary N) is 1. The molecule has 0 spiro atoms. The third kappa shape index (κ3) is 3.63. The zero-order chi connectivity index (χ0) is 15.7. The number of alkyl halides is 3. The number of rotatable bonds is 3. The monoisotopic (exact) mass is 313 g/mol. The number of anilines is 1. The molecule has 0 bridgehead atoms. The summed E-state index contributed by atoms with van der Waals surface area (Å²) in [6.45, 7) is 0. The molecule has 0 aliphatic carbocycles. The highest BCUT2D eigenvalue weighted by Crippen LogP contribution is 2.26. The molecule has 110 valence electrons. The molecule has 0 aliphatic rings. The maximum absolute atomic E-state index is 12.0. The SMILES string of the molecule is CS(=O)(=O)c1cnc(NC(=O)C(F)(F)F)c([N+](=O)[O-])c1. The molecular formula is C8H6F3N3O5S. The largest absolute Gasteiger partial charge is 0.471 e. The van der Waals surface area contributed by atoms with E-state index in [0.717, 1.165) is 6.26 Å². The van der Waals surface area contributed by atoms with Gasteiger partial charge in [-0.1, -0.05) is 0 Å². The molecule has 8 nitrogen and oxygen atoms in total. The van der Waals surface area contributed by atoms with Gasteiger partial charge in [0.2, 0.25) is 5.82 Å². The van der Waals surface area contributed by atoms with Crippen LogP contribution < -0.4 is 5.32 Å². The fourth-order valence-corrected chi connectivity index (χ4v) is 1.62. The molecular weight excluding hydrogens is 307 g/mol. The molecule has 1 amide bonds. The van der Waals surface area contributed by atoms with E-state index in [2.05, 4.69) is 4.98 Å². The first-order chi connectivity index (χ1) is 8.93. The number of hydrogen-bond donors (Lipinski definition) is 1. The lowest BCUT2D eigenvalue weighted by Crippen LogP contribution is -2.30. The lowest BCUT2D eigenvalue weighted by atomic mass is 10.4. The van der Waals surface area contributed by atoms with E-state index < -0.39 is 43.2 Å². The first-order valence-corrected chi connectivity index (χ1v) is 6.54. The van der Waals surface area contributed by atoms with Crippen LogP contribution >= 0.6 is 0 Å². The fraction of sp³-hybridized carbons (Fsp3) is 0.250. The van der Waals surface area contributed by atoms with Crippen molar-refractivity contribution in [1.29, 1.82) is 0 Å². The second kappa shape index (κ2) is 5.03. The van der Waals surface area contributed by atoms with Crippen LogP contribution in [0, 0.1) is 10.1 Å². The third-order valence-corrected chi connectivity index (χ3v) is 3.04. The first-order valence-electron chi connectivity index (χ1n) is 4.65. The summed E-state index contributed by atoms with van der Waals surface area (Å²) in [5, 5.41) is 11.9. The molecule has 0 aromatic carbocycles. The molecule has 0 aliphatic heterocycles. The minimum Gasteiger partial charge on any atom is -0.297 e. The zero-order valence-electron chi connectivity index (χ0n) is 9.63. The Balaban J connectivity index is 3.29. The molecule has 1 rings (SSSR count). The number of pyridine rings is 1. The molecule has 12 heteroatoms. The van der Waals surface area contributed by atoms with Gasteiger partial charge >= 0.3 is 17.8 Å². The number of halogens is 3. The molecule has 1 aromatic heterocycles. The molecule has 0 radical (unpaired) electrons. The predicted molar refractivity (Wildman–Crippen MR) is 58.7 cm³/mol. The highest BCUT2D eigenvalue weighted by atomic mass is 32.2. The standard InChI is InChI=1S/C8H6F3N3O5S/c1-20(18,19)4-2-5(14(16)17)6(12-3-4)13-7(15)8(9,10)11/h2-3H,1H3,(H,12,13,15). The summed E-state index contributed by atoms with van der Waals surface area (Å²) in [5.74, 6) is -3.45. The van der Waals surface area contributed by atoms with Crippen LogP contribution in [0.4, 0.5) is 24.7 Å². The quantitative estimate of drug-likeness (QED) is 0.654. The minimum absolute atomic E-state index is 0.508. The van der Waals surface area contributed by atoms with E-state index >= 15 is 0 Å². The number of hydrogen-bond acceptors (Lipinski definition) is 6. The van der Waals surface area contributed by atoms with E-state index in [-0.39, 0.29) is 0 Å². The number of amides is 1. The van der Waals surface area contributed by atoms with E-state index in [4.69, 9.17) is 0 Å². The van der Waals surface area contributed by atoms with E-state index in [1.165, 1.54) is 5.32 Å². The van der Waals surface area contributed by atoms with Crippen molar-refractivity contribution in [2.45, 2.75) is 11.1 Å². The number of nitrogens with zero attached hydrogens (tertiary/aromatic N) is 2. The van der Waals surface area contributed by atoms with Crippen LogP contribution in [-0.4, -0.2) is 36.7 Å². The summed E-state index contributed by atoms with van der Waals surface area (Å²) in [7, 11) is -3.83. The van der Waals surface area contributed by atoms with Crippen molar-refractivity contribution in [2.24, 2.45) is 0 Å². The molecule has 20 heavy (non-hydrogen) atoms. The topological polar surface area (TPSA) is 119 Å². The summed E-state index contributed by atoms with van der Waals surface area (Å²) in [6, 6.07) is 0.508. The zero-order valence-corrected chi connectivity index (χ0v) is 10.4. The van der Waals surface area contributed by atoms with Gasteiger partial charge in [-0.15, -0.1) is 0 Å². The molecule has 0 saturated carbocycles. The Hall–Kier alpha value is -2.24. The van der Waals surface area contributed by atoms with Crippen LogP contribution in [-0.2, 0) is 14.6 Å². The highest BCUT2D eigenvalue weighted by Gasteiger charge is 2.40. The van der Waals surface area contributed by atoms with Crippen molar-refractivity contribution in [3.63, 3.8) is 0 Å². The number of carbonyl (C=O) groups excluding carboxylic acids is 1. The van der Waals surface area contributed by atoms with E-state index in [9.17, 15) is 36.5 Å². The summed E-state index contributed by atoms with van der Waals surface area (Å²) in [5.41, 5.74) is -1.06. The van der Waals surface area contributed by atoms with E-state index in [1.54, 1.807) is 0 Å². The van der Waals surface area contributed by atoms with Crippen LogP contribution in [0.25, 0.3) is 0 Å². The van der Waals surface area contributed by atoms with Crippen molar-refractivity contribution >= 4 is 27.2 Å². The van der Waals surface area contributed by atoms with Crippen molar-refractivity contribution in [1.82, 2.24) is 4.98 Å². The van der Waals surface area contributed by atoms with Crippen molar-refractivity contribution in [3.05, 3.63) is 22.4 Å². The van der Waals surface area contributed by atoms with Crippen LogP contribution in [0.15, 0.2) is 17.2 Å². The normalized spacial score (nSPS) is 12.0. The van der Waals surface area contributed by atoms with Crippen LogP contribution in [0.3, 0.4) is 0 Å². The van der Waals surface area contributed by atoms with Gasteiger partial charge in [0.05, 0.1) is 9.82 Å². The maximum atomic E-state index is 12.0. The molecule has 1 heterocycles. The summed E-state index contributed by atoms with van der Waals surface area (Å²) in [4.78, 5) is 22.8. The fourth-order valence-electron chi connectivity index (χ4n) is 1.05. The van der Waals surface area contributed by atoms with Gasteiger partial charge in [0, 0.05) is 18.5 Å². The van der Waals surface area contributed by atoms with Crippen molar-refractivity contribution in [2.75, 3.05) is 11.6 Å². The summed E-state index contributed by atoms with van der Waals surface area (Å²) in [6.07, 6.45) is -3.92. The lowest BCUT2D eigenvalue weighted by molar-refractivity contribution is -0.384. The van der Waals surface area contributed by atoms with Crippen molar-refractivity contribution < 1.29 is 31.3 Å². The van der Waals surface area contributed by atoms with Gasteiger partial charge in [0.15, 0.2) is 9.84 Å². The molecule has 0 unspecified atom stereocenters. The average Bonchev–Trinajstić information content (AvgIpc) is 2.26. The van der Waals surface area contributed by atoms with Gasteiger partial charge in [-0.2, -0.15) is 13.2 Å². The lowest BCUT2D eigenvalue weighted by Gasteiger charge is -2.08. The first kappa shape index (κ1) is 15.8. The van der Waals surface area contributed by atoms with Gasteiger partial charge in [-0.25, -0.2) is 13.4 Å². The van der Waals surface area contributed by atoms with E-state index in [0.29, 0.717) is 12.3 Å². The second-order valence-corrected chi connectivity index (χ2v) is 5.54. The van der Waals surface area contributed by atoms with Crippen LogP contribution in [0.5, 0.6) is 0 Å². The van der Waals surface area contributed by atoms with Crippen LogP contribution in [0.2, 0.25) is 0 Å². The van der Waals surface area contributed by atoms with Gasteiger partial charge in [-0.05, 0) is 0 Å². The summed E-state index contributed by atoms with van der Waals surface area (Å²) >= 11 is 0. The number of nitro groups is 1. The third-order valence-electron chi connectivity index (χ3n) is 1.96. The minimum atomic E-state index is -5.26. The average molecular weight is 313 g/mol. The number of sulfone groups is 1. The molecule has 0 fully saturated rings. The van der Waals surface area contributed by atoms with Gasteiger partial charge in [-0.3, -0.25) is 20.2 Å². The summed E-state index contributed by atoms with van der Waals surface area (Å²) < 4.78 is 58.4. The molecule has 0 atom stereocenters. The Bertz CT molecular complexity index is 670. The Morgan fingerprint density at radius 2 is 2.00 bits per heavy atom. The van der Waals surface area contributed by atoms with Gasteiger partial charge in [0.25, 0.3) is 0 Å².